The van der Waals surface area contributed by atoms with Crippen LogP contribution in [0.4, 0.5) is 0 Å². The fourth-order valence-corrected chi connectivity index (χ4v) is 0.828. The molecule has 0 radical (unpaired) electrons. The molecule has 0 atom stereocenters. The fourth-order valence-electron chi connectivity index (χ4n) is 0.828. The van der Waals surface area contributed by atoms with Crippen molar-refractivity contribution < 1.29 is 9.88 Å². The first kappa shape index (κ1) is 5.34. The maximum Gasteiger partial charge on any atom is 0.293 e. The molecule has 0 saturated heterocycles. The van der Waals surface area contributed by atoms with Crippen LogP contribution in [0.15, 0.2) is 17.1 Å². The van der Waals surface area contributed by atoms with Crippen LogP contribution in [-0.4, -0.2) is 4.73 Å². The molecule has 1 aromatic heterocycles. The third-order valence-electron chi connectivity index (χ3n) is 1.46. The van der Waals surface area contributed by atoms with Crippen molar-refractivity contribution in [3.63, 3.8) is 0 Å². The summed E-state index contributed by atoms with van der Waals surface area (Å²) in [7, 11) is 0. The highest BCUT2D eigenvalue weighted by Gasteiger charge is 2.14. The maximum absolute atomic E-state index is 11.0. The standard InChI is InChI=1S/C6H5NO3/c1-4-5-2-3-7(6(4)8)10-9-5/h2-3H,1H3. The lowest BCUT2D eigenvalue weighted by Gasteiger charge is -2.14. The Morgan fingerprint density at radius 3 is 2.70 bits per heavy atom. The molecule has 0 fully saturated rings. The van der Waals surface area contributed by atoms with Crippen LogP contribution in [0.25, 0.3) is 0 Å². The highest BCUT2D eigenvalue weighted by atomic mass is 17.3. The molecule has 52 valence electrons. The largest absolute Gasteiger partial charge is 0.293 e. The van der Waals surface area contributed by atoms with Crippen molar-refractivity contribution in [3.8, 4) is 5.75 Å². The van der Waals surface area contributed by atoms with E-state index >= 15 is 0 Å². The van der Waals surface area contributed by atoms with Gasteiger partial charge in [-0.25, -0.2) is 0 Å². The Morgan fingerprint density at radius 2 is 2.40 bits per heavy atom. The number of hydrogen-bond acceptors (Lipinski definition) is 3. The van der Waals surface area contributed by atoms with Gasteiger partial charge in [-0.15, -0.1) is 4.73 Å². The minimum atomic E-state index is -0.163. The van der Waals surface area contributed by atoms with Crippen LogP contribution in [0.1, 0.15) is 5.56 Å². The topological polar surface area (TPSA) is 40.5 Å². The lowest BCUT2D eigenvalue weighted by atomic mass is 10.3. The maximum atomic E-state index is 11.0. The number of rotatable bonds is 0. The first-order valence-electron chi connectivity index (χ1n) is 2.86. The molecule has 3 heterocycles. The molecule has 0 saturated carbocycles. The predicted molar refractivity (Wildman–Crippen MR) is 32.6 cm³/mol. The van der Waals surface area contributed by atoms with Crippen molar-refractivity contribution in [1.29, 1.82) is 0 Å². The summed E-state index contributed by atoms with van der Waals surface area (Å²) in [4.78, 5) is 20.2. The molecule has 0 aromatic carbocycles. The number of fused-ring (bicyclic) bond motifs is 3. The predicted octanol–water partition coefficient (Wildman–Crippen LogP) is -0.107. The van der Waals surface area contributed by atoms with Crippen LogP contribution in [0.3, 0.4) is 0 Å². The third-order valence-corrected chi connectivity index (χ3v) is 1.46. The van der Waals surface area contributed by atoms with Gasteiger partial charge in [-0.2, -0.15) is 4.99 Å². The van der Waals surface area contributed by atoms with Crippen molar-refractivity contribution in [2.24, 2.45) is 0 Å². The van der Waals surface area contributed by atoms with E-state index in [9.17, 15) is 4.79 Å². The normalized spacial score (nSPS) is 12.5. The molecule has 2 aliphatic heterocycles. The zero-order valence-electron chi connectivity index (χ0n) is 5.33. The molecule has 2 bridgehead atoms. The van der Waals surface area contributed by atoms with E-state index in [0.717, 1.165) is 4.73 Å². The first-order valence-corrected chi connectivity index (χ1v) is 2.86. The van der Waals surface area contributed by atoms with E-state index in [4.69, 9.17) is 0 Å². The van der Waals surface area contributed by atoms with E-state index in [-0.39, 0.29) is 5.56 Å². The van der Waals surface area contributed by atoms with Crippen LogP contribution in [0.5, 0.6) is 5.75 Å². The van der Waals surface area contributed by atoms with Crippen LogP contribution in [0.2, 0.25) is 0 Å². The van der Waals surface area contributed by atoms with Gasteiger partial charge < -0.3 is 0 Å². The monoisotopic (exact) mass is 139 g/mol. The lowest BCUT2D eigenvalue weighted by molar-refractivity contribution is -0.223. The highest BCUT2D eigenvalue weighted by molar-refractivity contribution is 5.29. The Hall–Kier alpha value is -1.45. The van der Waals surface area contributed by atoms with E-state index in [0.29, 0.717) is 11.3 Å². The van der Waals surface area contributed by atoms with Crippen molar-refractivity contribution in [1.82, 2.24) is 4.73 Å². The molecule has 4 heteroatoms. The van der Waals surface area contributed by atoms with E-state index in [2.05, 4.69) is 9.88 Å². The van der Waals surface area contributed by atoms with Crippen molar-refractivity contribution in [2.75, 3.05) is 0 Å². The Balaban J connectivity index is 2.88. The molecule has 0 amide bonds. The van der Waals surface area contributed by atoms with E-state index < -0.39 is 0 Å². The van der Waals surface area contributed by atoms with Crippen LogP contribution in [-0.2, 0) is 0 Å². The summed E-state index contributed by atoms with van der Waals surface area (Å²) in [6.07, 6.45) is 1.52. The van der Waals surface area contributed by atoms with Crippen molar-refractivity contribution in [3.05, 3.63) is 28.2 Å². The van der Waals surface area contributed by atoms with Gasteiger partial charge in [0.15, 0.2) is 5.75 Å². The molecule has 3 rings (SSSR count). The Morgan fingerprint density at radius 1 is 1.60 bits per heavy atom. The molecule has 10 heavy (non-hydrogen) atoms. The summed E-state index contributed by atoms with van der Waals surface area (Å²) in [5.74, 6) is 0.493. The molecule has 0 N–H and O–H groups in total. The third kappa shape index (κ3) is 0.478. The number of aromatic nitrogens is 1. The molecule has 2 aliphatic rings. The smallest absolute Gasteiger partial charge is 0.268 e. The van der Waals surface area contributed by atoms with Gasteiger partial charge in [0.2, 0.25) is 0 Å². The van der Waals surface area contributed by atoms with Gasteiger partial charge in [0, 0.05) is 6.07 Å². The number of pyridine rings is 1. The van der Waals surface area contributed by atoms with Gasteiger partial charge in [-0.05, 0) is 6.92 Å². The first-order chi connectivity index (χ1) is 4.79. The van der Waals surface area contributed by atoms with Gasteiger partial charge >= 0.3 is 0 Å². The molecule has 0 unspecified atom stereocenters. The van der Waals surface area contributed by atoms with Gasteiger partial charge in [0.05, 0.1) is 11.8 Å². The molecular weight excluding hydrogens is 134 g/mol. The second-order valence-electron chi connectivity index (χ2n) is 2.09. The molecule has 0 aliphatic carbocycles. The molecule has 1 aromatic rings. The summed E-state index contributed by atoms with van der Waals surface area (Å²) >= 11 is 0. The summed E-state index contributed by atoms with van der Waals surface area (Å²) in [6.45, 7) is 1.69. The molecule has 4 nitrogen and oxygen atoms in total. The van der Waals surface area contributed by atoms with Gasteiger partial charge in [0.25, 0.3) is 5.56 Å². The van der Waals surface area contributed by atoms with Crippen LogP contribution in [0, 0.1) is 6.92 Å². The quantitative estimate of drug-likeness (QED) is 0.471. The lowest BCUT2D eigenvalue weighted by Crippen LogP contribution is -2.35. The van der Waals surface area contributed by atoms with Crippen LogP contribution < -0.4 is 15.4 Å². The van der Waals surface area contributed by atoms with E-state index in [1.54, 1.807) is 13.0 Å². The van der Waals surface area contributed by atoms with Gasteiger partial charge in [-0.1, -0.05) is 0 Å². The van der Waals surface area contributed by atoms with E-state index in [1.807, 2.05) is 0 Å². The van der Waals surface area contributed by atoms with Crippen LogP contribution >= 0.6 is 0 Å². The van der Waals surface area contributed by atoms with Gasteiger partial charge in [0.1, 0.15) is 0 Å². The van der Waals surface area contributed by atoms with Crippen molar-refractivity contribution in [2.45, 2.75) is 6.92 Å². The summed E-state index contributed by atoms with van der Waals surface area (Å²) in [6, 6.07) is 1.68. The average molecular weight is 139 g/mol. The second kappa shape index (κ2) is 1.53. The number of hydrogen-bond donors (Lipinski definition) is 0. The van der Waals surface area contributed by atoms with Gasteiger partial charge in [-0.3, -0.25) is 9.68 Å². The minimum Gasteiger partial charge on any atom is -0.268 e. The molecular formula is C6H5NO3. The summed E-state index contributed by atoms with van der Waals surface area (Å²) < 4.78 is 1.04. The average Bonchev–Trinajstić information content (AvgIpc) is 2.00. The second-order valence-corrected chi connectivity index (χ2v) is 2.09. The Labute approximate surface area is 56.5 Å². The zero-order valence-corrected chi connectivity index (χ0v) is 5.33. The Bertz CT molecular complexity index is 328. The number of nitrogens with zero attached hydrogens (tertiary/aromatic N) is 1. The van der Waals surface area contributed by atoms with Crippen molar-refractivity contribution >= 4 is 0 Å². The summed E-state index contributed by atoms with van der Waals surface area (Å²) in [5.41, 5.74) is 0.414. The minimum absolute atomic E-state index is 0.163. The Kier molecular flexibility index (Phi) is 0.818. The SMILES string of the molecule is Cc1c2ccn(c1=O)OO2. The molecule has 0 spiro atoms. The summed E-state index contributed by atoms with van der Waals surface area (Å²) in [5, 5.41) is 0. The fraction of sp³-hybridized carbons (Fsp3) is 0.167. The van der Waals surface area contributed by atoms with E-state index in [1.165, 1.54) is 6.20 Å². The zero-order chi connectivity index (χ0) is 7.14. The highest BCUT2D eigenvalue weighted by Crippen LogP contribution is 2.14.